The first-order valence-corrected chi connectivity index (χ1v) is 6.62. The van der Waals surface area contributed by atoms with E-state index in [1.165, 1.54) is 12.8 Å². The molecule has 4 heteroatoms. The molecule has 0 amide bonds. The van der Waals surface area contributed by atoms with Crippen molar-refractivity contribution in [2.75, 3.05) is 18.0 Å². The fourth-order valence-corrected chi connectivity index (χ4v) is 2.18. The summed E-state index contributed by atoms with van der Waals surface area (Å²) >= 11 is 11.8. The quantitative estimate of drug-likeness (QED) is 0.749. The Kier molecular flexibility index (Phi) is 3.93. The number of halogens is 2. The third-order valence-electron chi connectivity index (χ3n) is 2.91. The Morgan fingerprint density at radius 2 is 2.19 bits per heavy atom. The van der Waals surface area contributed by atoms with Gasteiger partial charge < -0.3 is 4.90 Å². The lowest BCUT2D eigenvalue weighted by atomic mass is 10.3. The smallest absolute Gasteiger partial charge is 0.128 e. The Bertz CT molecular complexity index is 364. The lowest BCUT2D eigenvalue weighted by Gasteiger charge is -2.22. The number of hydrogen-bond donors (Lipinski definition) is 0. The fraction of sp³-hybridized carbons (Fsp3) is 0.583. The van der Waals surface area contributed by atoms with Crippen LogP contribution in [0.4, 0.5) is 5.82 Å². The average Bonchev–Trinajstić information content (AvgIpc) is 3.11. The van der Waals surface area contributed by atoms with E-state index in [2.05, 4.69) is 16.8 Å². The van der Waals surface area contributed by atoms with Gasteiger partial charge in [-0.05, 0) is 37.8 Å². The Labute approximate surface area is 107 Å². The molecule has 88 valence electrons. The van der Waals surface area contributed by atoms with Gasteiger partial charge in [-0.15, -0.1) is 11.6 Å². The number of nitrogens with zero attached hydrogens (tertiary/aromatic N) is 2. The van der Waals surface area contributed by atoms with E-state index in [0.717, 1.165) is 30.5 Å². The summed E-state index contributed by atoms with van der Waals surface area (Å²) in [5.74, 6) is 2.22. The highest BCUT2D eigenvalue weighted by Crippen LogP contribution is 2.31. The molecule has 0 spiro atoms. The van der Waals surface area contributed by atoms with Crippen LogP contribution in [0.25, 0.3) is 0 Å². The highest BCUT2D eigenvalue weighted by molar-refractivity contribution is 6.32. The lowest BCUT2D eigenvalue weighted by Crippen LogP contribution is -2.26. The molecule has 0 aromatic carbocycles. The number of rotatable bonds is 5. The van der Waals surface area contributed by atoms with Crippen LogP contribution >= 0.6 is 23.2 Å². The second-order valence-electron chi connectivity index (χ2n) is 4.21. The molecule has 0 N–H and O–H groups in total. The molecule has 0 aliphatic heterocycles. The van der Waals surface area contributed by atoms with Crippen LogP contribution in [-0.2, 0) is 5.88 Å². The maximum Gasteiger partial charge on any atom is 0.128 e. The van der Waals surface area contributed by atoms with Crippen LogP contribution < -0.4 is 4.90 Å². The Morgan fingerprint density at radius 3 is 2.75 bits per heavy atom. The lowest BCUT2D eigenvalue weighted by molar-refractivity contribution is 0.730. The van der Waals surface area contributed by atoms with Crippen LogP contribution in [0.15, 0.2) is 12.1 Å². The summed E-state index contributed by atoms with van der Waals surface area (Å²) < 4.78 is 0. The van der Waals surface area contributed by atoms with Gasteiger partial charge in [-0.3, -0.25) is 0 Å². The summed E-state index contributed by atoms with van der Waals surface area (Å²) in [7, 11) is 0. The van der Waals surface area contributed by atoms with Crippen LogP contribution in [0.5, 0.6) is 0 Å². The molecule has 0 unspecified atom stereocenters. The largest absolute Gasteiger partial charge is 0.357 e. The highest BCUT2D eigenvalue weighted by Gasteiger charge is 2.24. The van der Waals surface area contributed by atoms with Crippen LogP contribution in [0.3, 0.4) is 0 Å². The second kappa shape index (κ2) is 5.24. The molecule has 1 aliphatic carbocycles. The molecule has 2 rings (SSSR count). The van der Waals surface area contributed by atoms with Crippen molar-refractivity contribution in [3.05, 3.63) is 22.8 Å². The van der Waals surface area contributed by atoms with Crippen molar-refractivity contribution >= 4 is 29.0 Å². The van der Waals surface area contributed by atoms with Gasteiger partial charge in [-0.25, -0.2) is 4.98 Å². The van der Waals surface area contributed by atoms with Crippen molar-refractivity contribution in [2.24, 2.45) is 5.92 Å². The Hall–Kier alpha value is -0.470. The van der Waals surface area contributed by atoms with Gasteiger partial charge in [0.15, 0.2) is 0 Å². The molecule has 2 nitrogen and oxygen atoms in total. The summed E-state index contributed by atoms with van der Waals surface area (Å²) in [6.45, 7) is 4.23. The zero-order chi connectivity index (χ0) is 11.5. The Morgan fingerprint density at radius 1 is 1.44 bits per heavy atom. The van der Waals surface area contributed by atoms with E-state index in [1.54, 1.807) is 0 Å². The minimum Gasteiger partial charge on any atom is -0.357 e. The third kappa shape index (κ3) is 2.80. The second-order valence-corrected chi connectivity index (χ2v) is 4.89. The van der Waals surface area contributed by atoms with Crippen molar-refractivity contribution in [1.82, 2.24) is 4.98 Å². The molecule has 1 fully saturated rings. The standard InChI is InChI=1S/C12H16Cl2N2/c1-2-16(8-9-3-4-9)12-6-5-10(14)11(7-13)15-12/h5-6,9H,2-4,7-8H2,1H3. The topological polar surface area (TPSA) is 16.1 Å². The highest BCUT2D eigenvalue weighted by atomic mass is 35.5. The zero-order valence-electron chi connectivity index (χ0n) is 9.42. The van der Waals surface area contributed by atoms with Gasteiger partial charge >= 0.3 is 0 Å². The summed E-state index contributed by atoms with van der Waals surface area (Å²) in [4.78, 5) is 6.80. The van der Waals surface area contributed by atoms with Gasteiger partial charge in [0.25, 0.3) is 0 Å². The number of pyridine rings is 1. The zero-order valence-corrected chi connectivity index (χ0v) is 10.9. The molecule has 1 heterocycles. The van der Waals surface area contributed by atoms with E-state index in [-0.39, 0.29) is 0 Å². The van der Waals surface area contributed by atoms with Gasteiger partial charge in [0.05, 0.1) is 16.6 Å². The SMILES string of the molecule is CCN(CC1CC1)c1ccc(Cl)c(CCl)n1. The van der Waals surface area contributed by atoms with Crippen molar-refractivity contribution in [2.45, 2.75) is 25.6 Å². The van der Waals surface area contributed by atoms with Crippen LogP contribution in [-0.4, -0.2) is 18.1 Å². The molecular formula is C12H16Cl2N2. The number of anilines is 1. The van der Waals surface area contributed by atoms with Gasteiger partial charge in [-0.2, -0.15) is 0 Å². The maximum absolute atomic E-state index is 6.00. The molecular weight excluding hydrogens is 243 g/mol. The van der Waals surface area contributed by atoms with E-state index in [1.807, 2.05) is 12.1 Å². The fourth-order valence-electron chi connectivity index (χ4n) is 1.74. The molecule has 1 aromatic heterocycles. The normalized spacial score (nSPS) is 15.2. The van der Waals surface area contributed by atoms with E-state index in [9.17, 15) is 0 Å². The maximum atomic E-state index is 6.00. The summed E-state index contributed by atoms with van der Waals surface area (Å²) in [5, 5.41) is 0.654. The molecule has 0 bridgehead atoms. The molecule has 1 aliphatic rings. The monoisotopic (exact) mass is 258 g/mol. The first-order valence-electron chi connectivity index (χ1n) is 5.71. The first-order chi connectivity index (χ1) is 7.74. The Balaban J connectivity index is 2.16. The summed E-state index contributed by atoms with van der Waals surface area (Å²) in [5.41, 5.74) is 0.773. The summed E-state index contributed by atoms with van der Waals surface area (Å²) in [6, 6.07) is 3.86. The number of hydrogen-bond acceptors (Lipinski definition) is 2. The minimum absolute atomic E-state index is 0.369. The van der Waals surface area contributed by atoms with Gasteiger partial charge in [-0.1, -0.05) is 11.6 Å². The molecule has 0 radical (unpaired) electrons. The molecule has 1 aromatic rings. The van der Waals surface area contributed by atoms with Gasteiger partial charge in [0.1, 0.15) is 5.82 Å². The van der Waals surface area contributed by atoms with Crippen molar-refractivity contribution in [3.63, 3.8) is 0 Å². The number of aromatic nitrogens is 1. The third-order valence-corrected chi connectivity index (χ3v) is 3.51. The van der Waals surface area contributed by atoms with E-state index >= 15 is 0 Å². The minimum atomic E-state index is 0.369. The van der Waals surface area contributed by atoms with E-state index < -0.39 is 0 Å². The predicted octanol–water partition coefficient (Wildman–Crippen LogP) is 3.71. The van der Waals surface area contributed by atoms with Crippen molar-refractivity contribution < 1.29 is 0 Å². The predicted molar refractivity (Wildman–Crippen MR) is 69.4 cm³/mol. The molecule has 0 saturated heterocycles. The number of alkyl halides is 1. The first kappa shape index (κ1) is 12.0. The van der Waals surface area contributed by atoms with Crippen LogP contribution in [0.1, 0.15) is 25.5 Å². The van der Waals surface area contributed by atoms with Gasteiger partial charge in [0.2, 0.25) is 0 Å². The van der Waals surface area contributed by atoms with Gasteiger partial charge in [0, 0.05) is 13.1 Å². The molecule has 16 heavy (non-hydrogen) atoms. The summed E-state index contributed by atoms with van der Waals surface area (Å²) in [6.07, 6.45) is 2.71. The molecule has 0 atom stereocenters. The van der Waals surface area contributed by atoms with Crippen LogP contribution in [0.2, 0.25) is 5.02 Å². The van der Waals surface area contributed by atoms with Crippen LogP contribution in [0, 0.1) is 5.92 Å². The van der Waals surface area contributed by atoms with E-state index in [4.69, 9.17) is 23.2 Å². The van der Waals surface area contributed by atoms with E-state index in [0.29, 0.717) is 10.9 Å². The van der Waals surface area contributed by atoms with Crippen molar-refractivity contribution in [3.8, 4) is 0 Å². The average molecular weight is 259 g/mol. The van der Waals surface area contributed by atoms with Crippen molar-refractivity contribution in [1.29, 1.82) is 0 Å². The molecule has 1 saturated carbocycles.